The zero-order valence-electron chi connectivity index (χ0n) is 8.66. The van der Waals surface area contributed by atoms with Gasteiger partial charge in [0.1, 0.15) is 11.2 Å². The molecule has 0 spiro atoms. The van der Waals surface area contributed by atoms with Crippen molar-refractivity contribution in [2.75, 3.05) is 0 Å². The lowest BCUT2D eigenvalue weighted by Gasteiger charge is -1.97. The normalized spacial score (nSPS) is 10.3. The second kappa shape index (κ2) is 4.41. The minimum absolute atomic E-state index is 0.00944. The predicted molar refractivity (Wildman–Crippen MR) is 62.3 cm³/mol. The van der Waals surface area contributed by atoms with Crippen LogP contribution in [0.3, 0.4) is 0 Å². The van der Waals surface area contributed by atoms with E-state index in [0.717, 1.165) is 6.20 Å². The van der Waals surface area contributed by atoms with E-state index in [1.165, 1.54) is 18.2 Å². The quantitative estimate of drug-likeness (QED) is 0.678. The molecular weight excluding hydrogens is 264 g/mol. The summed E-state index contributed by atoms with van der Waals surface area (Å²) < 4.78 is 0. The number of benzene rings is 1. The Balaban J connectivity index is 2.47. The minimum atomic E-state index is -0.638. The van der Waals surface area contributed by atoms with Gasteiger partial charge in [0.2, 0.25) is 5.82 Å². The summed E-state index contributed by atoms with van der Waals surface area (Å²) in [5.41, 5.74) is 0.0624. The lowest BCUT2D eigenvalue weighted by molar-refractivity contribution is -0.389. The van der Waals surface area contributed by atoms with Crippen molar-refractivity contribution < 1.29 is 9.85 Å². The van der Waals surface area contributed by atoms with Crippen LogP contribution < -0.4 is 0 Å². The van der Waals surface area contributed by atoms with Crippen LogP contribution in [0.25, 0.3) is 11.4 Å². The molecule has 0 saturated carbocycles. The third-order valence-corrected chi connectivity index (χ3v) is 2.49. The summed E-state index contributed by atoms with van der Waals surface area (Å²) in [4.78, 5) is 26.1. The van der Waals surface area contributed by atoms with Gasteiger partial charge in [-0.1, -0.05) is 11.6 Å². The van der Waals surface area contributed by atoms with E-state index in [1.54, 1.807) is 0 Å². The third-order valence-electron chi connectivity index (χ3n) is 2.18. The Bertz CT molecular complexity index is 639. The molecule has 2 rings (SSSR count). The van der Waals surface area contributed by atoms with Gasteiger partial charge in [-0.2, -0.15) is 0 Å². The third kappa shape index (κ3) is 2.13. The van der Waals surface area contributed by atoms with Crippen LogP contribution >= 0.6 is 11.6 Å². The Morgan fingerprint density at radius 1 is 1.22 bits per heavy atom. The highest BCUT2D eigenvalue weighted by Gasteiger charge is 2.17. The second-order valence-corrected chi connectivity index (χ2v) is 3.70. The SMILES string of the molecule is O=[N+]([O-])c1cnc(-c2ccc(Cl)c([N+](=O)[O-])c2)[nH]1. The molecule has 92 valence electrons. The monoisotopic (exact) mass is 268 g/mol. The van der Waals surface area contributed by atoms with Crippen LogP contribution in [-0.2, 0) is 0 Å². The molecule has 0 unspecified atom stereocenters. The maximum atomic E-state index is 10.7. The topological polar surface area (TPSA) is 115 Å². The molecule has 0 aliphatic rings. The fourth-order valence-corrected chi connectivity index (χ4v) is 1.54. The number of hydrogen-bond donors (Lipinski definition) is 1. The van der Waals surface area contributed by atoms with Gasteiger partial charge in [0.25, 0.3) is 5.69 Å². The first kappa shape index (κ1) is 12.0. The summed E-state index contributed by atoms with van der Waals surface area (Å²) in [5.74, 6) is -0.121. The smallest absolute Gasteiger partial charge is 0.340 e. The first-order chi connectivity index (χ1) is 8.49. The molecule has 18 heavy (non-hydrogen) atoms. The van der Waals surface area contributed by atoms with Gasteiger partial charge >= 0.3 is 5.82 Å². The molecule has 0 aliphatic carbocycles. The van der Waals surface area contributed by atoms with E-state index in [-0.39, 0.29) is 22.4 Å². The molecule has 2 aromatic rings. The molecule has 9 heteroatoms. The molecule has 8 nitrogen and oxygen atoms in total. The molecule has 0 fully saturated rings. The summed E-state index contributed by atoms with van der Waals surface area (Å²) in [6.07, 6.45) is 1.04. The van der Waals surface area contributed by atoms with E-state index in [4.69, 9.17) is 11.6 Å². The number of rotatable bonds is 3. The number of nitro benzene ring substituents is 1. The Labute approximate surface area is 105 Å². The average Bonchev–Trinajstić information content (AvgIpc) is 2.78. The highest BCUT2D eigenvalue weighted by Crippen LogP contribution is 2.29. The highest BCUT2D eigenvalue weighted by atomic mass is 35.5. The fourth-order valence-electron chi connectivity index (χ4n) is 1.35. The summed E-state index contributed by atoms with van der Waals surface area (Å²) in [6, 6.07) is 4.02. The number of nitrogens with zero attached hydrogens (tertiary/aromatic N) is 3. The van der Waals surface area contributed by atoms with Gasteiger partial charge in [0, 0.05) is 11.6 Å². The molecule has 0 amide bonds. The molecule has 0 atom stereocenters. The van der Waals surface area contributed by atoms with Crippen LogP contribution in [0.15, 0.2) is 24.4 Å². The lowest BCUT2D eigenvalue weighted by Crippen LogP contribution is -1.91. The van der Waals surface area contributed by atoms with E-state index in [2.05, 4.69) is 9.97 Å². The number of aromatic nitrogens is 2. The van der Waals surface area contributed by atoms with Crippen molar-refractivity contribution in [3.63, 3.8) is 0 Å². The van der Waals surface area contributed by atoms with Crippen molar-refractivity contribution in [2.24, 2.45) is 0 Å². The van der Waals surface area contributed by atoms with Gasteiger partial charge in [0.15, 0.2) is 0 Å². The number of halogens is 1. The van der Waals surface area contributed by atoms with Gasteiger partial charge in [-0.05, 0) is 17.1 Å². The molecule has 1 aromatic carbocycles. The van der Waals surface area contributed by atoms with Crippen molar-refractivity contribution in [3.05, 3.63) is 49.6 Å². The van der Waals surface area contributed by atoms with Crippen LogP contribution in [0.4, 0.5) is 11.5 Å². The van der Waals surface area contributed by atoms with Crippen molar-refractivity contribution in [1.29, 1.82) is 0 Å². The van der Waals surface area contributed by atoms with E-state index in [9.17, 15) is 20.2 Å². The molecule has 1 aromatic heterocycles. The predicted octanol–water partition coefficient (Wildman–Crippen LogP) is 2.55. The van der Waals surface area contributed by atoms with Crippen molar-refractivity contribution >= 4 is 23.1 Å². The van der Waals surface area contributed by atoms with Gasteiger partial charge in [-0.3, -0.25) is 10.1 Å². The fraction of sp³-hybridized carbons (Fsp3) is 0. The van der Waals surface area contributed by atoms with Crippen LogP contribution in [0.2, 0.25) is 5.02 Å². The standard InChI is InChI=1S/C9H5ClN4O4/c10-6-2-1-5(3-7(6)13(15)16)9-11-4-8(12-9)14(17)18/h1-4H,(H,11,12). The maximum absolute atomic E-state index is 10.7. The lowest BCUT2D eigenvalue weighted by atomic mass is 10.2. The Kier molecular flexibility index (Phi) is 2.94. The molecule has 0 aliphatic heterocycles. The number of aromatic amines is 1. The average molecular weight is 269 g/mol. The number of H-pyrrole nitrogens is 1. The zero-order chi connectivity index (χ0) is 13.3. The highest BCUT2D eigenvalue weighted by molar-refractivity contribution is 6.32. The first-order valence-corrected chi connectivity index (χ1v) is 5.00. The largest absolute Gasteiger partial charge is 0.358 e. The second-order valence-electron chi connectivity index (χ2n) is 3.30. The molecule has 0 saturated heterocycles. The minimum Gasteiger partial charge on any atom is -0.358 e. The number of imidazole rings is 1. The van der Waals surface area contributed by atoms with E-state index in [0.29, 0.717) is 5.56 Å². The Morgan fingerprint density at radius 3 is 2.50 bits per heavy atom. The van der Waals surface area contributed by atoms with E-state index in [1.807, 2.05) is 0 Å². The Morgan fingerprint density at radius 2 is 1.94 bits per heavy atom. The summed E-state index contributed by atoms with van der Waals surface area (Å²) >= 11 is 5.65. The van der Waals surface area contributed by atoms with E-state index >= 15 is 0 Å². The van der Waals surface area contributed by atoms with Crippen molar-refractivity contribution in [2.45, 2.75) is 0 Å². The number of hydrogen-bond acceptors (Lipinski definition) is 5. The first-order valence-electron chi connectivity index (χ1n) is 4.63. The number of nitro groups is 2. The van der Waals surface area contributed by atoms with Gasteiger partial charge in [-0.25, -0.2) is 9.97 Å². The number of nitrogens with one attached hydrogen (secondary N) is 1. The van der Waals surface area contributed by atoms with Crippen molar-refractivity contribution in [3.8, 4) is 11.4 Å². The zero-order valence-corrected chi connectivity index (χ0v) is 9.42. The molecule has 0 bridgehead atoms. The molecular formula is C9H5ClN4O4. The van der Waals surface area contributed by atoms with Crippen molar-refractivity contribution in [1.82, 2.24) is 9.97 Å². The van der Waals surface area contributed by atoms with Crippen LogP contribution in [-0.4, -0.2) is 19.8 Å². The molecule has 1 N–H and O–H groups in total. The maximum Gasteiger partial charge on any atom is 0.340 e. The summed E-state index contributed by atoms with van der Waals surface area (Å²) in [5, 5.41) is 21.2. The van der Waals surface area contributed by atoms with Crippen LogP contribution in [0, 0.1) is 20.2 Å². The van der Waals surface area contributed by atoms with E-state index < -0.39 is 9.85 Å². The summed E-state index contributed by atoms with van der Waals surface area (Å²) in [7, 11) is 0. The summed E-state index contributed by atoms with van der Waals surface area (Å²) in [6.45, 7) is 0. The Hall–Kier alpha value is -2.48. The van der Waals surface area contributed by atoms with Gasteiger partial charge in [-0.15, -0.1) is 0 Å². The molecule has 0 radical (unpaired) electrons. The molecule has 1 heterocycles. The van der Waals surface area contributed by atoms with Crippen LogP contribution in [0.1, 0.15) is 0 Å². The van der Waals surface area contributed by atoms with Gasteiger partial charge < -0.3 is 10.1 Å². The van der Waals surface area contributed by atoms with Crippen LogP contribution in [0.5, 0.6) is 0 Å². The van der Waals surface area contributed by atoms with Gasteiger partial charge in [0.05, 0.1) is 4.92 Å².